The maximum Gasteiger partial charge on any atom is 0.224 e. The second kappa shape index (κ2) is 6.38. The summed E-state index contributed by atoms with van der Waals surface area (Å²) in [6.45, 7) is 5.17. The van der Waals surface area contributed by atoms with Crippen LogP contribution in [0.25, 0.3) is 0 Å². The van der Waals surface area contributed by atoms with Crippen LogP contribution in [0.5, 0.6) is 0 Å². The second-order valence-corrected chi connectivity index (χ2v) is 4.44. The first-order valence-corrected chi connectivity index (χ1v) is 6.48. The van der Waals surface area contributed by atoms with E-state index in [1.807, 2.05) is 6.92 Å². The first-order chi connectivity index (χ1) is 9.19. The molecular formula is C12H16ClN5O. The number of halogens is 1. The maximum atomic E-state index is 6.04. The van der Waals surface area contributed by atoms with Gasteiger partial charge in [0, 0.05) is 6.54 Å². The van der Waals surface area contributed by atoms with Gasteiger partial charge >= 0.3 is 0 Å². The van der Waals surface area contributed by atoms with Crippen molar-refractivity contribution in [1.29, 1.82) is 0 Å². The van der Waals surface area contributed by atoms with Crippen LogP contribution in [0.15, 0.2) is 16.8 Å². The molecule has 0 amide bonds. The molecule has 0 spiro atoms. The lowest BCUT2D eigenvalue weighted by Crippen LogP contribution is -2.08. The summed E-state index contributed by atoms with van der Waals surface area (Å²) < 4.78 is 5.36. The standard InChI is InChI=1S/C12H16ClN5O/c1-3-4-14-12-17-6-9(13)11(18-12)16-7-10-15-5-8(2)19-10/h5-6H,3-4,7H2,1-2H3,(H2,14,16,17,18). The average molecular weight is 282 g/mol. The molecule has 0 unspecified atom stereocenters. The highest BCUT2D eigenvalue weighted by Crippen LogP contribution is 2.20. The topological polar surface area (TPSA) is 75.9 Å². The molecule has 0 bridgehead atoms. The van der Waals surface area contributed by atoms with Crippen molar-refractivity contribution in [1.82, 2.24) is 15.0 Å². The summed E-state index contributed by atoms with van der Waals surface area (Å²) in [6.07, 6.45) is 4.24. The fourth-order valence-electron chi connectivity index (χ4n) is 1.46. The predicted molar refractivity (Wildman–Crippen MR) is 74.4 cm³/mol. The molecule has 0 atom stereocenters. The Morgan fingerprint density at radius 1 is 1.26 bits per heavy atom. The highest BCUT2D eigenvalue weighted by Gasteiger charge is 2.07. The van der Waals surface area contributed by atoms with Crippen molar-refractivity contribution in [2.24, 2.45) is 0 Å². The van der Waals surface area contributed by atoms with Crippen molar-refractivity contribution in [3.05, 3.63) is 29.1 Å². The Morgan fingerprint density at radius 3 is 2.79 bits per heavy atom. The van der Waals surface area contributed by atoms with E-state index in [1.54, 1.807) is 12.4 Å². The van der Waals surface area contributed by atoms with Crippen LogP contribution >= 0.6 is 11.6 Å². The number of nitrogens with zero attached hydrogens (tertiary/aromatic N) is 3. The van der Waals surface area contributed by atoms with Crippen LogP contribution in [0.2, 0.25) is 5.02 Å². The van der Waals surface area contributed by atoms with Crippen molar-refractivity contribution >= 4 is 23.4 Å². The van der Waals surface area contributed by atoms with E-state index in [0.717, 1.165) is 18.7 Å². The molecule has 0 saturated heterocycles. The van der Waals surface area contributed by atoms with Crippen molar-refractivity contribution in [3.63, 3.8) is 0 Å². The highest BCUT2D eigenvalue weighted by molar-refractivity contribution is 6.32. The predicted octanol–water partition coefficient (Wildman–Crippen LogP) is 2.86. The molecule has 0 aliphatic rings. The summed E-state index contributed by atoms with van der Waals surface area (Å²) in [5.74, 6) is 2.48. The van der Waals surface area contributed by atoms with E-state index >= 15 is 0 Å². The third-order valence-corrected chi connectivity index (χ3v) is 2.63. The number of nitrogens with one attached hydrogen (secondary N) is 2. The van der Waals surface area contributed by atoms with Crippen LogP contribution in [0.1, 0.15) is 25.0 Å². The first kappa shape index (κ1) is 13.6. The highest BCUT2D eigenvalue weighted by atomic mass is 35.5. The van der Waals surface area contributed by atoms with Crippen LogP contribution in [0, 0.1) is 6.92 Å². The molecule has 0 aliphatic heterocycles. The molecule has 2 aromatic heterocycles. The normalized spacial score (nSPS) is 10.5. The van der Waals surface area contributed by atoms with Gasteiger partial charge in [0.1, 0.15) is 10.8 Å². The number of oxazole rings is 1. The molecule has 0 saturated carbocycles. The lowest BCUT2D eigenvalue weighted by molar-refractivity contribution is 0.479. The Balaban J connectivity index is 2.02. The van der Waals surface area contributed by atoms with Crippen LogP contribution in [-0.2, 0) is 6.54 Å². The maximum absolute atomic E-state index is 6.04. The number of aryl methyl sites for hydroxylation is 1. The molecule has 7 heteroatoms. The van der Waals surface area contributed by atoms with Crippen LogP contribution < -0.4 is 10.6 Å². The minimum Gasteiger partial charge on any atom is -0.444 e. The monoisotopic (exact) mass is 281 g/mol. The van der Waals surface area contributed by atoms with Gasteiger partial charge in [-0.3, -0.25) is 0 Å². The Hall–Kier alpha value is -1.82. The van der Waals surface area contributed by atoms with Crippen LogP contribution in [0.3, 0.4) is 0 Å². The smallest absolute Gasteiger partial charge is 0.224 e. The third kappa shape index (κ3) is 3.82. The minimum atomic E-state index is 0.428. The number of rotatable bonds is 6. The van der Waals surface area contributed by atoms with Crippen molar-refractivity contribution in [2.75, 3.05) is 17.2 Å². The van der Waals surface area contributed by atoms with Gasteiger partial charge in [0.15, 0.2) is 5.82 Å². The van der Waals surface area contributed by atoms with E-state index in [1.165, 1.54) is 0 Å². The van der Waals surface area contributed by atoms with E-state index in [-0.39, 0.29) is 0 Å². The zero-order valence-electron chi connectivity index (χ0n) is 10.9. The molecular weight excluding hydrogens is 266 g/mol. The molecule has 19 heavy (non-hydrogen) atoms. The van der Waals surface area contributed by atoms with E-state index in [2.05, 4.69) is 32.5 Å². The van der Waals surface area contributed by atoms with Gasteiger partial charge in [-0.1, -0.05) is 18.5 Å². The minimum absolute atomic E-state index is 0.428. The molecule has 0 aliphatic carbocycles. The summed E-state index contributed by atoms with van der Waals surface area (Å²) in [6, 6.07) is 0. The Labute approximate surface area is 116 Å². The molecule has 2 heterocycles. The molecule has 2 rings (SSSR count). The number of hydrogen-bond donors (Lipinski definition) is 2. The fraction of sp³-hybridized carbons (Fsp3) is 0.417. The van der Waals surface area contributed by atoms with Crippen LogP contribution in [0.4, 0.5) is 11.8 Å². The van der Waals surface area contributed by atoms with Gasteiger partial charge < -0.3 is 15.1 Å². The SMILES string of the molecule is CCCNc1ncc(Cl)c(NCc2ncc(C)o2)n1. The van der Waals surface area contributed by atoms with Gasteiger partial charge in [-0.2, -0.15) is 4.98 Å². The van der Waals surface area contributed by atoms with Gasteiger partial charge in [-0.25, -0.2) is 9.97 Å². The summed E-state index contributed by atoms with van der Waals surface area (Å²) in [5.41, 5.74) is 0. The van der Waals surface area contributed by atoms with Gasteiger partial charge in [0.05, 0.1) is 18.9 Å². The van der Waals surface area contributed by atoms with Crippen molar-refractivity contribution < 1.29 is 4.42 Å². The molecule has 2 N–H and O–H groups in total. The van der Waals surface area contributed by atoms with Gasteiger partial charge in [-0.15, -0.1) is 0 Å². The van der Waals surface area contributed by atoms with E-state index in [9.17, 15) is 0 Å². The van der Waals surface area contributed by atoms with Crippen molar-refractivity contribution in [2.45, 2.75) is 26.8 Å². The van der Waals surface area contributed by atoms with Crippen molar-refractivity contribution in [3.8, 4) is 0 Å². The van der Waals surface area contributed by atoms with Gasteiger partial charge in [0.25, 0.3) is 0 Å². The summed E-state index contributed by atoms with van der Waals surface area (Å²) in [5, 5.41) is 6.65. The Morgan fingerprint density at radius 2 is 2.11 bits per heavy atom. The largest absolute Gasteiger partial charge is 0.444 e. The lowest BCUT2D eigenvalue weighted by atomic mass is 10.5. The van der Waals surface area contributed by atoms with Gasteiger partial charge in [0.2, 0.25) is 11.8 Å². The van der Waals surface area contributed by atoms with E-state index in [0.29, 0.717) is 29.2 Å². The van der Waals surface area contributed by atoms with Crippen LogP contribution in [-0.4, -0.2) is 21.5 Å². The quantitative estimate of drug-likeness (QED) is 0.848. The second-order valence-electron chi connectivity index (χ2n) is 4.04. The molecule has 0 fully saturated rings. The van der Waals surface area contributed by atoms with E-state index < -0.39 is 0 Å². The zero-order valence-corrected chi connectivity index (χ0v) is 11.7. The summed E-state index contributed by atoms with van der Waals surface area (Å²) in [4.78, 5) is 12.5. The zero-order chi connectivity index (χ0) is 13.7. The summed E-state index contributed by atoms with van der Waals surface area (Å²) >= 11 is 6.04. The fourth-order valence-corrected chi connectivity index (χ4v) is 1.61. The molecule has 2 aromatic rings. The Kier molecular flexibility index (Phi) is 4.57. The third-order valence-electron chi connectivity index (χ3n) is 2.35. The van der Waals surface area contributed by atoms with Gasteiger partial charge in [-0.05, 0) is 13.3 Å². The molecule has 102 valence electrons. The Bertz CT molecular complexity index is 543. The number of hydrogen-bond acceptors (Lipinski definition) is 6. The number of aromatic nitrogens is 3. The van der Waals surface area contributed by atoms with E-state index in [4.69, 9.17) is 16.0 Å². The molecule has 0 aromatic carbocycles. The lowest BCUT2D eigenvalue weighted by Gasteiger charge is -2.08. The number of anilines is 2. The summed E-state index contributed by atoms with van der Waals surface area (Å²) in [7, 11) is 0. The molecule has 0 radical (unpaired) electrons. The first-order valence-electron chi connectivity index (χ1n) is 6.10. The average Bonchev–Trinajstić information content (AvgIpc) is 2.82. The molecule has 6 nitrogen and oxygen atoms in total.